The number of aromatic nitrogens is 2. The third-order valence-electron chi connectivity index (χ3n) is 2.85. The minimum Gasteiger partial charge on any atom is -0.488 e. The van der Waals surface area contributed by atoms with Crippen molar-refractivity contribution in [3.63, 3.8) is 0 Å². The van der Waals surface area contributed by atoms with Crippen LogP contribution in [-0.2, 0) is 0 Å². The molecule has 0 aliphatic heterocycles. The molecule has 0 spiro atoms. The zero-order chi connectivity index (χ0) is 14.9. The van der Waals surface area contributed by atoms with Crippen molar-refractivity contribution in [2.24, 2.45) is 0 Å². The number of aryl methyl sites for hydroxylation is 2. The summed E-state index contributed by atoms with van der Waals surface area (Å²) in [5, 5.41) is 7.86. The van der Waals surface area contributed by atoms with Gasteiger partial charge >= 0.3 is 0 Å². The van der Waals surface area contributed by atoms with Gasteiger partial charge in [0.05, 0.1) is 11.9 Å². The van der Waals surface area contributed by atoms with Crippen molar-refractivity contribution in [3.8, 4) is 16.9 Å². The molecule has 1 heterocycles. The van der Waals surface area contributed by atoms with Gasteiger partial charge in [0.2, 0.25) is 0 Å². The summed E-state index contributed by atoms with van der Waals surface area (Å²) in [6.45, 7) is 9.52. The number of nitrogens with zero attached hydrogens (tertiary/aromatic N) is 2. The van der Waals surface area contributed by atoms with Gasteiger partial charge in [-0.3, -0.25) is 0 Å². The third kappa shape index (κ3) is 3.13. The molecule has 106 valence electrons. The molecule has 0 radical (unpaired) electrons. The van der Waals surface area contributed by atoms with Crippen LogP contribution in [-0.4, -0.2) is 15.8 Å². The molecule has 2 rings (SSSR count). The van der Waals surface area contributed by atoms with E-state index >= 15 is 0 Å². The van der Waals surface area contributed by atoms with E-state index in [9.17, 15) is 4.39 Å². The molecule has 0 fully saturated rings. The van der Waals surface area contributed by atoms with Crippen molar-refractivity contribution in [2.45, 2.75) is 40.2 Å². The molecule has 0 bridgehead atoms. The summed E-state index contributed by atoms with van der Waals surface area (Å²) >= 11 is 0. The summed E-state index contributed by atoms with van der Waals surface area (Å²) in [4.78, 5) is 0. The molecular formula is C16H19FN2O. The first-order valence-electron chi connectivity index (χ1n) is 6.56. The molecule has 0 unspecified atom stereocenters. The van der Waals surface area contributed by atoms with Gasteiger partial charge in [0.15, 0.2) is 0 Å². The Morgan fingerprint density at radius 1 is 1.15 bits per heavy atom. The number of rotatable bonds is 2. The molecule has 0 aliphatic carbocycles. The molecule has 2 aromatic rings. The van der Waals surface area contributed by atoms with Crippen LogP contribution in [0.4, 0.5) is 4.39 Å². The van der Waals surface area contributed by atoms with Crippen molar-refractivity contribution >= 4 is 0 Å². The second-order valence-corrected chi connectivity index (χ2v) is 5.84. The van der Waals surface area contributed by atoms with Gasteiger partial charge < -0.3 is 4.74 Å². The summed E-state index contributed by atoms with van der Waals surface area (Å²) in [5.41, 5.74) is 2.59. The number of benzene rings is 1. The lowest BCUT2D eigenvalue weighted by Gasteiger charge is -2.21. The van der Waals surface area contributed by atoms with E-state index in [2.05, 4.69) is 10.2 Å². The molecule has 3 nitrogen and oxygen atoms in total. The first-order valence-corrected chi connectivity index (χ1v) is 6.56. The highest BCUT2D eigenvalue weighted by atomic mass is 19.1. The van der Waals surface area contributed by atoms with Gasteiger partial charge in [-0.2, -0.15) is 10.2 Å². The molecule has 1 aromatic heterocycles. The van der Waals surface area contributed by atoms with Crippen LogP contribution in [0.2, 0.25) is 0 Å². The van der Waals surface area contributed by atoms with Gasteiger partial charge in [0.25, 0.3) is 0 Å². The van der Waals surface area contributed by atoms with Gasteiger partial charge in [-0.15, -0.1) is 0 Å². The van der Waals surface area contributed by atoms with E-state index in [-0.39, 0.29) is 11.4 Å². The highest BCUT2D eigenvalue weighted by Crippen LogP contribution is 2.31. The normalized spacial score (nSPS) is 11.5. The number of ether oxygens (including phenoxy) is 1. The highest BCUT2D eigenvalue weighted by Gasteiger charge is 2.16. The SMILES string of the molecule is Cc1cnnc(C)c1-c1ccc(OC(C)(C)C)cc1F. The van der Waals surface area contributed by atoms with E-state index in [0.29, 0.717) is 17.0 Å². The number of hydrogen-bond donors (Lipinski definition) is 0. The minimum absolute atomic E-state index is 0.314. The Morgan fingerprint density at radius 3 is 2.40 bits per heavy atom. The molecule has 4 heteroatoms. The number of halogens is 1. The van der Waals surface area contributed by atoms with Crippen molar-refractivity contribution in [2.75, 3.05) is 0 Å². The molecule has 0 saturated carbocycles. The summed E-state index contributed by atoms with van der Waals surface area (Å²) in [6, 6.07) is 4.93. The predicted molar refractivity (Wildman–Crippen MR) is 77.3 cm³/mol. The standard InChI is InChI=1S/C16H19FN2O/c1-10-9-18-19-11(2)15(10)13-7-6-12(8-14(13)17)20-16(3,4)5/h6-9H,1-5H3. The van der Waals surface area contributed by atoms with Crippen LogP contribution >= 0.6 is 0 Å². The Hall–Kier alpha value is -1.97. The fourth-order valence-electron chi connectivity index (χ4n) is 2.12. The third-order valence-corrected chi connectivity index (χ3v) is 2.85. The summed E-state index contributed by atoms with van der Waals surface area (Å²) in [7, 11) is 0. The molecule has 20 heavy (non-hydrogen) atoms. The van der Waals surface area contributed by atoms with E-state index < -0.39 is 0 Å². The quantitative estimate of drug-likeness (QED) is 0.827. The van der Waals surface area contributed by atoms with E-state index in [1.54, 1.807) is 18.3 Å². The Labute approximate surface area is 118 Å². The lowest BCUT2D eigenvalue weighted by molar-refractivity contribution is 0.130. The summed E-state index contributed by atoms with van der Waals surface area (Å²) in [5.74, 6) is 0.210. The van der Waals surface area contributed by atoms with Gasteiger partial charge in [0, 0.05) is 17.2 Å². The molecular weight excluding hydrogens is 255 g/mol. The van der Waals surface area contributed by atoms with Gasteiger partial charge in [-0.1, -0.05) is 0 Å². The molecule has 0 saturated heterocycles. The van der Waals surface area contributed by atoms with Crippen LogP contribution < -0.4 is 4.74 Å². The first kappa shape index (κ1) is 14.4. The molecule has 1 aromatic carbocycles. The molecule has 0 N–H and O–H groups in total. The highest BCUT2D eigenvalue weighted by molar-refractivity contribution is 5.70. The first-order chi connectivity index (χ1) is 9.28. The largest absolute Gasteiger partial charge is 0.488 e. The van der Waals surface area contributed by atoms with Gasteiger partial charge in [-0.05, 0) is 52.3 Å². The number of hydrogen-bond acceptors (Lipinski definition) is 3. The Balaban J connectivity index is 2.45. The molecule has 0 aliphatic rings. The Kier molecular flexibility index (Phi) is 3.75. The fourth-order valence-corrected chi connectivity index (χ4v) is 2.12. The van der Waals surface area contributed by atoms with Crippen LogP contribution in [0.1, 0.15) is 32.0 Å². The predicted octanol–water partition coefficient (Wildman–Crippen LogP) is 4.08. The van der Waals surface area contributed by atoms with Crippen LogP contribution in [0.5, 0.6) is 5.75 Å². The minimum atomic E-state index is -0.349. The van der Waals surface area contributed by atoms with Crippen LogP contribution in [0.15, 0.2) is 24.4 Å². The van der Waals surface area contributed by atoms with Crippen LogP contribution in [0.3, 0.4) is 0 Å². The Morgan fingerprint density at radius 2 is 1.85 bits per heavy atom. The zero-order valence-electron chi connectivity index (χ0n) is 12.5. The summed E-state index contributed by atoms with van der Waals surface area (Å²) < 4.78 is 20.0. The maximum absolute atomic E-state index is 14.3. The lowest BCUT2D eigenvalue weighted by atomic mass is 10.00. The van der Waals surface area contributed by atoms with Crippen molar-refractivity contribution in [1.82, 2.24) is 10.2 Å². The maximum Gasteiger partial charge on any atom is 0.134 e. The van der Waals surface area contributed by atoms with Crippen LogP contribution in [0.25, 0.3) is 11.1 Å². The topological polar surface area (TPSA) is 35.0 Å². The van der Waals surface area contributed by atoms with E-state index in [1.165, 1.54) is 6.07 Å². The molecule has 0 atom stereocenters. The molecule has 0 amide bonds. The monoisotopic (exact) mass is 274 g/mol. The van der Waals surface area contributed by atoms with Gasteiger partial charge in [0.1, 0.15) is 17.2 Å². The smallest absolute Gasteiger partial charge is 0.134 e. The van der Waals surface area contributed by atoms with E-state index in [4.69, 9.17) is 4.74 Å². The van der Waals surface area contributed by atoms with Crippen LogP contribution in [0, 0.1) is 19.7 Å². The van der Waals surface area contributed by atoms with Crippen molar-refractivity contribution < 1.29 is 9.13 Å². The van der Waals surface area contributed by atoms with E-state index in [1.807, 2.05) is 34.6 Å². The summed E-state index contributed by atoms with van der Waals surface area (Å²) in [6.07, 6.45) is 1.64. The average molecular weight is 274 g/mol. The zero-order valence-corrected chi connectivity index (χ0v) is 12.5. The second-order valence-electron chi connectivity index (χ2n) is 5.84. The van der Waals surface area contributed by atoms with E-state index in [0.717, 1.165) is 11.1 Å². The lowest BCUT2D eigenvalue weighted by Crippen LogP contribution is -2.22. The van der Waals surface area contributed by atoms with Gasteiger partial charge in [-0.25, -0.2) is 4.39 Å². The van der Waals surface area contributed by atoms with Crippen molar-refractivity contribution in [3.05, 3.63) is 41.5 Å². The maximum atomic E-state index is 14.3. The second kappa shape index (κ2) is 5.19. The average Bonchev–Trinajstić information content (AvgIpc) is 2.29. The fraction of sp³-hybridized carbons (Fsp3) is 0.375. The van der Waals surface area contributed by atoms with Crippen molar-refractivity contribution in [1.29, 1.82) is 0 Å². The Bertz CT molecular complexity index is 613.